The average molecular weight is 330 g/mol. The van der Waals surface area contributed by atoms with E-state index in [1.807, 2.05) is 4.98 Å². The molecular weight excluding hydrogens is 318 g/mol. The molecule has 124 valence electrons. The monoisotopic (exact) mass is 330 g/mol. The van der Waals surface area contributed by atoms with E-state index in [1.165, 1.54) is 0 Å². The predicted molar refractivity (Wildman–Crippen MR) is 63.9 cm³/mol. The van der Waals surface area contributed by atoms with Gasteiger partial charge in [0.2, 0.25) is 11.5 Å². The van der Waals surface area contributed by atoms with Crippen LogP contribution in [0.15, 0.2) is 23.1 Å². The molecule has 1 atom stereocenters. The van der Waals surface area contributed by atoms with Crippen molar-refractivity contribution in [1.29, 1.82) is 0 Å². The molecule has 1 saturated heterocycles. The van der Waals surface area contributed by atoms with Crippen LogP contribution in [0.2, 0.25) is 0 Å². The molecule has 4 nitrogen and oxygen atoms in total. The van der Waals surface area contributed by atoms with Crippen molar-refractivity contribution in [2.45, 2.75) is 25.2 Å². The third kappa shape index (κ3) is 5.78. The fourth-order valence-electron chi connectivity index (χ4n) is 1.60. The summed E-state index contributed by atoms with van der Waals surface area (Å²) >= 11 is 0. The Balaban J connectivity index is 0.000000220. The molecule has 2 rings (SSSR count). The highest BCUT2D eigenvalue weighted by Gasteiger charge is 2.41. The molecule has 0 aliphatic carbocycles. The Kier molecular flexibility index (Phi) is 5.61. The van der Waals surface area contributed by atoms with Crippen LogP contribution >= 0.6 is 0 Å². The highest BCUT2D eigenvalue weighted by Crippen LogP contribution is 2.30. The van der Waals surface area contributed by atoms with Gasteiger partial charge in [0, 0.05) is 25.2 Å². The number of carbonyl (C=O) groups excluding carboxylic acids is 1. The maximum atomic E-state index is 11.9. The Labute approximate surface area is 120 Å². The minimum absolute atomic E-state index is 0.00975. The molecule has 1 fully saturated rings. The molecule has 0 bridgehead atoms. The molecule has 1 amide bonds. The predicted octanol–water partition coefficient (Wildman–Crippen LogP) is 2.47. The van der Waals surface area contributed by atoms with Crippen LogP contribution in [0, 0.1) is 5.92 Å². The summed E-state index contributed by atoms with van der Waals surface area (Å²) in [6.07, 6.45) is -7.99. The number of piperidine rings is 1. The zero-order valence-electron chi connectivity index (χ0n) is 11.0. The third-order valence-corrected chi connectivity index (χ3v) is 2.84. The summed E-state index contributed by atoms with van der Waals surface area (Å²) < 4.78 is 71.1. The Bertz CT molecular complexity index is 533. The molecule has 10 heteroatoms. The minimum Gasteiger partial charge on any atom is -0.355 e. The molecule has 2 heterocycles. The SMILES string of the molecule is O=C1CCC(C(F)(F)F)CN1.O=c1ccc(C(F)(F)F)c[nH]1. The van der Waals surface area contributed by atoms with Gasteiger partial charge in [0.15, 0.2) is 0 Å². The lowest BCUT2D eigenvalue weighted by Gasteiger charge is -2.24. The smallest absolute Gasteiger partial charge is 0.355 e. The maximum absolute atomic E-state index is 11.9. The lowest BCUT2D eigenvalue weighted by atomic mass is 9.99. The molecule has 1 aliphatic heterocycles. The molecule has 1 aromatic rings. The zero-order valence-corrected chi connectivity index (χ0v) is 11.0. The van der Waals surface area contributed by atoms with Gasteiger partial charge >= 0.3 is 12.4 Å². The van der Waals surface area contributed by atoms with E-state index < -0.39 is 29.4 Å². The van der Waals surface area contributed by atoms with Crippen molar-refractivity contribution in [2.24, 2.45) is 5.92 Å². The number of H-pyrrole nitrogens is 1. The van der Waals surface area contributed by atoms with E-state index in [4.69, 9.17) is 0 Å². The number of alkyl halides is 6. The number of pyridine rings is 1. The average Bonchev–Trinajstić information content (AvgIpc) is 2.38. The molecule has 1 unspecified atom stereocenters. The van der Waals surface area contributed by atoms with Gasteiger partial charge in [0.1, 0.15) is 0 Å². The van der Waals surface area contributed by atoms with Crippen LogP contribution in [0.3, 0.4) is 0 Å². The van der Waals surface area contributed by atoms with Crippen LogP contribution in [-0.2, 0) is 11.0 Å². The van der Waals surface area contributed by atoms with Crippen LogP contribution in [0.1, 0.15) is 18.4 Å². The van der Waals surface area contributed by atoms with E-state index in [-0.39, 0.29) is 25.3 Å². The van der Waals surface area contributed by atoms with Gasteiger partial charge < -0.3 is 10.3 Å². The second-order valence-electron chi connectivity index (χ2n) is 4.52. The summed E-state index contributed by atoms with van der Waals surface area (Å²) in [5.74, 6) is -1.63. The molecule has 0 radical (unpaired) electrons. The van der Waals surface area contributed by atoms with Crippen molar-refractivity contribution in [3.63, 3.8) is 0 Å². The van der Waals surface area contributed by atoms with Gasteiger partial charge in [-0.3, -0.25) is 9.59 Å². The second-order valence-corrected chi connectivity index (χ2v) is 4.52. The maximum Gasteiger partial charge on any atom is 0.417 e. The number of nitrogens with one attached hydrogen (secondary N) is 2. The Hall–Kier alpha value is -2.00. The number of aromatic nitrogens is 1. The lowest BCUT2D eigenvalue weighted by molar-refractivity contribution is -0.179. The fraction of sp³-hybridized carbons (Fsp3) is 0.500. The molecule has 1 aliphatic rings. The highest BCUT2D eigenvalue weighted by atomic mass is 19.4. The molecule has 1 aromatic heterocycles. The highest BCUT2D eigenvalue weighted by molar-refractivity contribution is 5.76. The van der Waals surface area contributed by atoms with Crippen molar-refractivity contribution in [2.75, 3.05) is 6.54 Å². The van der Waals surface area contributed by atoms with E-state index in [0.29, 0.717) is 6.20 Å². The molecule has 0 saturated carbocycles. The van der Waals surface area contributed by atoms with Gasteiger partial charge in [-0.05, 0) is 12.5 Å². The Morgan fingerprint density at radius 1 is 1.05 bits per heavy atom. The first-order chi connectivity index (χ1) is 10.00. The van der Waals surface area contributed by atoms with Gasteiger partial charge in [-0.15, -0.1) is 0 Å². The molecule has 22 heavy (non-hydrogen) atoms. The number of hydrogen-bond acceptors (Lipinski definition) is 2. The van der Waals surface area contributed by atoms with E-state index >= 15 is 0 Å². The molecular formula is C12H12F6N2O2. The molecule has 2 N–H and O–H groups in total. The van der Waals surface area contributed by atoms with Crippen molar-refractivity contribution in [1.82, 2.24) is 10.3 Å². The minimum atomic E-state index is -4.38. The first kappa shape index (κ1) is 18.1. The number of aromatic amines is 1. The number of carbonyl (C=O) groups is 1. The van der Waals surface area contributed by atoms with Gasteiger partial charge in [0.05, 0.1) is 11.5 Å². The van der Waals surface area contributed by atoms with Crippen LogP contribution in [0.4, 0.5) is 26.3 Å². The Morgan fingerprint density at radius 2 is 1.68 bits per heavy atom. The van der Waals surface area contributed by atoms with Crippen molar-refractivity contribution in [3.05, 3.63) is 34.2 Å². The van der Waals surface area contributed by atoms with Crippen molar-refractivity contribution >= 4 is 5.91 Å². The van der Waals surface area contributed by atoms with Gasteiger partial charge in [-0.2, -0.15) is 26.3 Å². The number of amides is 1. The standard InChI is InChI=1S/C6H8F3NO.C6H4F3NO/c2*7-6(8,9)4-1-2-5(11)10-3-4/h4H,1-3H2,(H,10,11);1-3H,(H,10,11). The number of hydrogen-bond donors (Lipinski definition) is 2. The van der Waals surface area contributed by atoms with Gasteiger partial charge in [0.25, 0.3) is 0 Å². The normalized spacial score (nSPS) is 19.0. The first-order valence-electron chi connectivity index (χ1n) is 6.09. The quantitative estimate of drug-likeness (QED) is 0.718. The van der Waals surface area contributed by atoms with E-state index in [0.717, 1.165) is 12.1 Å². The first-order valence-corrected chi connectivity index (χ1v) is 6.09. The summed E-state index contributed by atoms with van der Waals surface area (Å²) in [4.78, 5) is 22.7. The molecule has 0 aromatic carbocycles. The van der Waals surface area contributed by atoms with Crippen LogP contribution < -0.4 is 10.9 Å². The number of halogens is 6. The molecule has 0 spiro atoms. The van der Waals surface area contributed by atoms with E-state index in [9.17, 15) is 35.9 Å². The van der Waals surface area contributed by atoms with Gasteiger partial charge in [-0.1, -0.05) is 0 Å². The summed E-state index contributed by atoms with van der Waals surface area (Å²) in [6, 6.07) is 1.57. The summed E-state index contributed by atoms with van der Waals surface area (Å²) in [5, 5.41) is 2.18. The fourth-order valence-corrected chi connectivity index (χ4v) is 1.60. The van der Waals surface area contributed by atoms with Crippen molar-refractivity contribution < 1.29 is 31.1 Å². The third-order valence-electron chi connectivity index (χ3n) is 2.84. The largest absolute Gasteiger partial charge is 0.417 e. The van der Waals surface area contributed by atoms with E-state index in [2.05, 4.69) is 5.32 Å². The second kappa shape index (κ2) is 6.84. The lowest BCUT2D eigenvalue weighted by Crippen LogP contribution is -2.41. The van der Waals surface area contributed by atoms with Crippen LogP contribution in [-0.4, -0.2) is 23.6 Å². The topological polar surface area (TPSA) is 62.0 Å². The zero-order chi connectivity index (χ0) is 17.0. The van der Waals surface area contributed by atoms with Crippen LogP contribution in [0.5, 0.6) is 0 Å². The van der Waals surface area contributed by atoms with Gasteiger partial charge in [-0.25, -0.2) is 0 Å². The Morgan fingerprint density at radius 3 is 2.05 bits per heavy atom. The summed E-state index contributed by atoms with van der Waals surface area (Å²) in [6.45, 7) is -0.262. The number of rotatable bonds is 0. The van der Waals surface area contributed by atoms with E-state index in [1.54, 1.807) is 0 Å². The van der Waals surface area contributed by atoms with Crippen LogP contribution in [0.25, 0.3) is 0 Å². The summed E-state index contributed by atoms with van der Waals surface area (Å²) in [7, 11) is 0. The summed E-state index contributed by atoms with van der Waals surface area (Å²) in [5.41, 5.74) is -1.39. The van der Waals surface area contributed by atoms with Crippen molar-refractivity contribution in [3.8, 4) is 0 Å².